The van der Waals surface area contributed by atoms with Gasteiger partial charge in [0.2, 0.25) is 0 Å². The van der Waals surface area contributed by atoms with Gasteiger partial charge in [0.1, 0.15) is 11.5 Å². The standard InChI is InChI=1S/C22H31NO5/c1-6-8-9-15(7-2)13-23-20(19(14(3)24)21(25)22(23)26)17-12-16(27-4)10-11-18(17)28-5/h10-12,15,20,25H,6-9,13H2,1-5H3/t15-,20-/m1/s1. The number of amides is 1. The fraction of sp³-hybridized carbons (Fsp3) is 0.545. The lowest BCUT2D eigenvalue weighted by Crippen LogP contribution is -2.35. The first-order chi connectivity index (χ1) is 13.4. The van der Waals surface area contributed by atoms with Gasteiger partial charge in [-0.25, -0.2) is 0 Å². The molecule has 1 aromatic carbocycles. The van der Waals surface area contributed by atoms with Gasteiger partial charge >= 0.3 is 0 Å². The molecule has 0 aromatic heterocycles. The van der Waals surface area contributed by atoms with Crippen molar-refractivity contribution in [2.45, 2.75) is 52.5 Å². The fourth-order valence-corrected chi connectivity index (χ4v) is 3.77. The van der Waals surface area contributed by atoms with Crippen molar-refractivity contribution in [2.24, 2.45) is 5.92 Å². The smallest absolute Gasteiger partial charge is 0.290 e. The Kier molecular flexibility index (Phi) is 7.49. The van der Waals surface area contributed by atoms with E-state index in [9.17, 15) is 14.7 Å². The molecule has 1 aromatic rings. The highest BCUT2D eigenvalue weighted by atomic mass is 16.5. The van der Waals surface area contributed by atoms with Gasteiger partial charge in [0.25, 0.3) is 5.91 Å². The quantitative estimate of drug-likeness (QED) is 0.649. The molecule has 0 saturated heterocycles. The number of hydrogen-bond donors (Lipinski definition) is 1. The second-order valence-corrected chi connectivity index (χ2v) is 7.20. The number of carbonyl (C=O) groups is 2. The molecule has 1 amide bonds. The van der Waals surface area contributed by atoms with Crippen LogP contribution >= 0.6 is 0 Å². The Bertz CT molecular complexity index is 755. The summed E-state index contributed by atoms with van der Waals surface area (Å²) in [5.41, 5.74) is 0.747. The predicted octanol–water partition coefficient (Wildman–Crippen LogP) is 4.20. The summed E-state index contributed by atoms with van der Waals surface area (Å²) in [6.07, 6.45) is 4.07. The summed E-state index contributed by atoms with van der Waals surface area (Å²) in [7, 11) is 3.10. The number of ketones is 1. The Labute approximate surface area is 167 Å². The van der Waals surface area contributed by atoms with E-state index in [0.29, 0.717) is 29.5 Å². The molecule has 28 heavy (non-hydrogen) atoms. The lowest BCUT2D eigenvalue weighted by molar-refractivity contribution is -0.130. The molecule has 6 heteroatoms. The molecular formula is C22H31NO5. The van der Waals surface area contributed by atoms with Crippen LogP contribution in [-0.2, 0) is 9.59 Å². The van der Waals surface area contributed by atoms with E-state index >= 15 is 0 Å². The van der Waals surface area contributed by atoms with Crippen molar-refractivity contribution in [1.82, 2.24) is 4.90 Å². The number of unbranched alkanes of at least 4 members (excludes halogenated alkanes) is 1. The van der Waals surface area contributed by atoms with E-state index < -0.39 is 17.7 Å². The number of methoxy groups -OCH3 is 2. The molecule has 1 heterocycles. The van der Waals surface area contributed by atoms with E-state index in [0.717, 1.165) is 25.7 Å². The molecule has 0 radical (unpaired) electrons. The van der Waals surface area contributed by atoms with Crippen LogP contribution in [0.3, 0.4) is 0 Å². The second kappa shape index (κ2) is 9.62. The van der Waals surface area contributed by atoms with Crippen LogP contribution in [0.1, 0.15) is 58.1 Å². The first-order valence-corrected chi connectivity index (χ1v) is 9.86. The van der Waals surface area contributed by atoms with Crippen LogP contribution in [0.15, 0.2) is 29.5 Å². The molecule has 0 saturated carbocycles. The summed E-state index contributed by atoms with van der Waals surface area (Å²) in [5, 5.41) is 10.5. The number of ether oxygens (including phenoxy) is 2. The van der Waals surface area contributed by atoms with Gasteiger partial charge in [0.05, 0.1) is 25.8 Å². The lowest BCUT2D eigenvalue weighted by atomic mass is 9.93. The van der Waals surface area contributed by atoms with E-state index in [4.69, 9.17) is 9.47 Å². The number of rotatable bonds is 10. The van der Waals surface area contributed by atoms with Crippen LogP contribution in [0.25, 0.3) is 0 Å². The molecule has 0 fully saturated rings. The van der Waals surface area contributed by atoms with Crippen LogP contribution in [0.4, 0.5) is 0 Å². The van der Waals surface area contributed by atoms with E-state index in [-0.39, 0.29) is 11.4 Å². The number of benzene rings is 1. The molecule has 1 aliphatic rings. The van der Waals surface area contributed by atoms with Crippen molar-refractivity contribution in [2.75, 3.05) is 20.8 Å². The van der Waals surface area contributed by atoms with Crippen molar-refractivity contribution in [3.63, 3.8) is 0 Å². The summed E-state index contributed by atoms with van der Waals surface area (Å²) < 4.78 is 10.8. The third-order valence-electron chi connectivity index (χ3n) is 5.41. The first-order valence-electron chi connectivity index (χ1n) is 9.86. The third kappa shape index (κ3) is 4.32. The molecule has 1 aliphatic heterocycles. The average molecular weight is 389 g/mol. The van der Waals surface area contributed by atoms with Crippen LogP contribution in [0, 0.1) is 5.92 Å². The van der Waals surface area contributed by atoms with Crippen molar-refractivity contribution >= 4 is 11.7 Å². The first kappa shape index (κ1) is 21.8. The van der Waals surface area contributed by atoms with Gasteiger partial charge in [-0.2, -0.15) is 0 Å². The van der Waals surface area contributed by atoms with Crippen LogP contribution < -0.4 is 9.47 Å². The second-order valence-electron chi connectivity index (χ2n) is 7.20. The Morgan fingerprint density at radius 1 is 1.25 bits per heavy atom. The summed E-state index contributed by atoms with van der Waals surface area (Å²) >= 11 is 0. The topological polar surface area (TPSA) is 76.1 Å². The van der Waals surface area contributed by atoms with Gasteiger partial charge in [-0.15, -0.1) is 0 Å². The van der Waals surface area contributed by atoms with Gasteiger partial charge < -0.3 is 19.5 Å². The summed E-state index contributed by atoms with van der Waals surface area (Å²) in [4.78, 5) is 26.8. The SMILES string of the molecule is CCCC[C@@H](CC)CN1C(=O)C(O)=C(C(C)=O)[C@H]1c1cc(OC)ccc1OC. The van der Waals surface area contributed by atoms with Crippen molar-refractivity contribution in [3.8, 4) is 11.5 Å². The summed E-state index contributed by atoms with van der Waals surface area (Å²) in [6.45, 7) is 6.08. The minimum absolute atomic E-state index is 0.113. The van der Waals surface area contributed by atoms with Gasteiger partial charge in [0, 0.05) is 12.1 Å². The van der Waals surface area contributed by atoms with Crippen molar-refractivity contribution in [1.29, 1.82) is 0 Å². The minimum atomic E-state index is -0.689. The zero-order valence-corrected chi connectivity index (χ0v) is 17.4. The van der Waals surface area contributed by atoms with E-state index in [1.807, 2.05) is 0 Å². The Hall–Kier alpha value is -2.50. The molecule has 2 rings (SSSR count). The maximum absolute atomic E-state index is 12.9. The molecule has 0 unspecified atom stereocenters. The van der Waals surface area contributed by atoms with Crippen molar-refractivity contribution in [3.05, 3.63) is 35.1 Å². The number of hydrogen-bond acceptors (Lipinski definition) is 5. The van der Waals surface area contributed by atoms with Gasteiger partial charge in [-0.05, 0) is 37.5 Å². The zero-order valence-electron chi connectivity index (χ0n) is 17.4. The van der Waals surface area contributed by atoms with Crippen molar-refractivity contribution < 1.29 is 24.2 Å². The number of nitrogens with zero attached hydrogens (tertiary/aromatic N) is 1. The Morgan fingerprint density at radius 2 is 1.96 bits per heavy atom. The Balaban J connectivity index is 2.53. The molecule has 0 bridgehead atoms. The zero-order chi connectivity index (χ0) is 20.8. The molecular weight excluding hydrogens is 358 g/mol. The predicted molar refractivity (Wildman–Crippen MR) is 108 cm³/mol. The van der Waals surface area contributed by atoms with E-state index in [1.54, 1.807) is 37.3 Å². The number of carbonyl (C=O) groups excluding carboxylic acids is 2. The number of Topliss-reactive ketones (excluding diaryl/α,β-unsaturated/α-hetero) is 1. The highest BCUT2D eigenvalue weighted by molar-refractivity contribution is 6.08. The average Bonchev–Trinajstić information content (AvgIpc) is 2.95. The fourth-order valence-electron chi connectivity index (χ4n) is 3.77. The summed E-state index contributed by atoms with van der Waals surface area (Å²) in [6, 6.07) is 4.58. The van der Waals surface area contributed by atoms with Gasteiger partial charge in [-0.3, -0.25) is 9.59 Å². The molecule has 2 atom stereocenters. The molecule has 154 valence electrons. The largest absolute Gasteiger partial charge is 0.503 e. The van der Waals surface area contributed by atoms with E-state index in [2.05, 4.69) is 13.8 Å². The summed E-state index contributed by atoms with van der Waals surface area (Å²) in [5.74, 6) is 0.129. The van der Waals surface area contributed by atoms with Crippen LogP contribution in [0.5, 0.6) is 11.5 Å². The van der Waals surface area contributed by atoms with Crippen LogP contribution in [-0.4, -0.2) is 42.5 Å². The lowest BCUT2D eigenvalue weighted by Gasteiger charge is -2.31. The number of aliphatic hydroxyl groups is 1. The number of aliphatic hydroxyl groups excluding tert-OH is 1. The van der Waals surface area contributed by atoms with Crippen LogP contribution in [0.2, 0.25) is 0 Å². The maximum Gasteiger partial charge on any atom is 0.290 e. The third-order valence-corrected chi connectivity index (χ3v) is 5.41. The van der Waals surface area contributed by atoms with Gasteiger partial charge in [0.15, 0.2) is 11.5 Å². The highest BCUT2D eigenvalue weighted by Crippen LogP contribution is 2.43. The highest BCUT2D eigenvalue weighted by Gasteiger charge is 2.44. The van der Waals surface area contributed by atoms with E-state index in [1.165, 1.54) is 6.92 Å². The molecule has 6 nitrogen and oxygen atoms in total. The van der Waals surface area contributed by atoms with Gasteiger partial charge in [-0.1, -0.05) is 33.1 Å². The monoisotopic (exact) mass is 389 g/mol. The molecule has 1 N–H and O–H groups in total. The minimum Gasteiger partial charge on any atom is -0.503 e. The normalized spacial score (nSPS) is 17.8. The molecule has 0 spiro atoms. The molecule has 0 aliphatic carbocycles. The Morgan fingerprint density at radius 3 is 2.50 bits per heavy atom. The maximum atomic E-state index is 12.9.